The van der Waals surface area contributed by atoms with Crippen molar-refractivity contribution in [2.24, 2.45) is 0 Å². The Morgan fingerprint density at radius 1 is 1.38 bits per heavy atom. The zero-order valence-electron chi connectivity index (χ0n) is 8.22. The molecule has 0 atom stereocenters. The molecule has 16 heavy (non-hydrogen) atoms. The summed E-state index contributed by atoms with van der Waals surface area (Å²) in [5.41, 5.74) is -0.344. The van der Waals surface area contributed by atoms with E-state index in [0.29, 0.717) is 5.52 Å². The Morgan fingerprint density at radius 2 is 2.06 bits per heavy atom. The Hall–Kier alpha value is -1.85. The predicted octanol–water partition coefficient (Wildman–Crippen LogP) is 2.78. The first kappa shape index (κ1) is 10.7. The molecule has 0 saturated heterocycles. The van der Waals surface area contributed by atoms with Crippen LogP contribution in [0.5, 0.6) is 0 Å². The first-order chi connectivity index (χ1) is 7.39. The van der Waals surface area contributed by atoms with E-state index in [4.69, 9.17) is 0 Å². The summed E-state index contributed by atoms with van der Waals surface area (Å²) >= 11 is 0. The number of aromatic amines is 1. The molecule has 1 N–H and O–H groups in total. The number of alkyl halides is 3. The smallest absolute Gasteiger partial charge is 0.293 e. The first-order valence-corrected chi connectivity index (χ1v) is 4.46. The maximum atomic E-state index is 12.4. The van der Waals surface area contributed by atoms with E-state index in [1.54, 1.807) is 0 Å². The van der Waals surface area contributed by atoms with Crippen LogP contribution in [-0.2, 0) is 6.18 Å². The van der Waals surface area contributed by atoms with Crippen LogP contribution in [0.2, 0.25) is 0 Å². The maximum absolute atomic E-state index is 12.4. The van der Waals surface area contributed by atoms with Crippen LogP contribution in [-0.4, -0.2) is 16.0 Å². The van der Waals surface area contributed by atoms with Crippen LogP contribution >= 0.6 is 0 Å². The number of Topliss-reactive ketones (excluding diaryl/α,β-unsaturated/α-hetero) is 1. The van der Waals surface area contributed by atoms with Crippen LogP contribution in [0.25, 0.3) is 10.9 Å². The lowest BCUT2D eigenvalue weighted by molar-refractivity contribution is -0.137. The van der Waals surface area contributed by atoms with Gasteiger partial charge < -0.3 is 0 Å². The number of H-pyrrole nitrogens is 1. The van der Waals surface area contributed by atoms with Gasteiger partial charge in [0.25, 0.3) is 0 Å². The van der Waals surface area contributed by atoms with Crippen LogP contribution in [0.1, 0.15) is 23.0 Å². The minimum Gasteiger partial charge on any atom is -0.293 e. The van der Waals surface area contributed by atoms with Crippen molar-refractivity contribution in [2.75, 3.05) is 0 Å². The van der Waals surface area contributed by atoms with E-state index in [1.807, 2.05) is 0 Å². The van der Waals surface area contributed by atoms with Crippen molar-refractivity contribution in [3.63, 3.8) is 0 Å². The fourth-order valence-electron chi connectivity index (χ4n) is 1.46. The van der Waals surface area contributed by atoms with Gasteiger partial charge in [0.15, 0.2) is 5.78 Å². The van der Waals surface area contributed by atoms with Gasteiger partial charge in [-0.1, -0.05) is 0 Å². The summed E-state index contributed by atoms with van der Waals surface area (Å²) in [4.78, 5) is 11.1. The predicted molar refractivity (Wildman–Crippen MR) is 51.1 cm³/mol. The summed E-state index contributed by atoms with van der Waals surface area (Å²) in [6.45, 7) is 1.26. The molecular weight excluding hydrogens is 221 g/mol. The van der Waals surface area contributed by atoms with Crippen LogP contribution in [0, 0.1) is 0 Å². The van der Waals surface area contributed by atoms with Gasteiger partial charge in [-0.3, -0.25) is 9.89 Å². The second-order valence-electron chi connectivity index (χ2n) is 3.39. The molecule has 0 aliphatic rings. The fraction of sp³-hybridized carbons (Fsp3) is 0.200. The Bertz CT molecular complexity index is 557. The van der Waals surface area contributed by atoms with Gasteiger partial charge in [0, 0.05) is 12.3 Å². The third-order valence-corrected chi connectivity index (χ3v) is 2.22. The van der Waals surface area contributed by atoms with E-state index in [9.17, 15) is 18.0 Å². The van der Waals surface area contributed by atoms with Crippen molar-refractivity contribution in [3.8, 4) is 0 Å². The molecule has 6 heteroatoms. The lowest BCUT2D eigenvalue weighted by Crippen LogP contribution is -2.04. The summed E-state index contributed by atoms with van der Waals surface area (Å²) < 4.78 is 37.3. The highest BCUT2D eigenvalue weighted by Crippen LogP contribution is 2.31. The summed E-state index contributed by atoms with van der Waals surface area (Å²) in [6, 6.07) is 3.14. The van der Waals surface area contributed by atoms with Gasteiger partial charge in [-0.2, -0.15) is 18.3 Å². The molecule has 0 bridgehead atoms. The third-order valence-electron chi connectivity index (χ3n) is 2.22. The Kier molecular flexibility index (Phi) is 2.22. The SMILES string of the molecule is CC(=O)c1n[nH]c2ccc(C(F)(F)F)cc12. The van der Waals surface area contributed by atoms with Crippen LogP contribution in [0.3, 0.4) is 0 Å². The molecule has 0 saturated carbocycles. The normalized spacial score (nSPS) is 12.0. The highest BCUT2D eigenvalue weighted by molar-refractivity contribution is 6.04. The van der Waals surface area contributed by atoms with E-state index in [-0.39, 0.29) is 16.9 Å². The van der Waals surface area contributed by atoms with Gasteiger partial charge in [-0.25, -0.2) is 0 Å². The second-order valence-corrected chi connectivity index (χ2v) is 3.39. The summed E-state index contributed by atoms with van der Waals surface area (Å²) in [5, 5.41) is 6.38. The van der Waals surface area contributed by atoms with Crippen molar-refractivity contribution in [1.29, 1.82) is 0 Å². The molecule has 0 aliphatic carbocycles. The second kappa shape index (κ2) is 3.33. The molecule has 0 amide bonds. The van der Waals surface area contributed by atoms with Crippen molar-refractivity contribution in [3.05, 3.63) is 29.5 Å². The Balaban J connectivity index is 2.68. The number of carbonyl (C=O) groups excluding carboxylic acids is 1. The number of nitrogens with zero attached hydrogens (tertiary/aromatic N) is 1. The van der Waals surface area contributed by atoms with E-state index < -0.39 is 11.7 Å². The van der Waals surface area contributed by atoms with E-state index in [1.165, 1.54) is 13.0 Å². The molecule has 0 spiro atoms. The summed E-state index contributed by atoms with van der Waals surface area (Å²) in [6.07, 6.45) is -4.42. The number of fused-ring (bicyclic) bond motifs is 1. The molecule has 0 fully saturated rings. The molecule has 1 heterocycles. The van der Waals surface area contributed by atoms with Crippen LogP contribution < -0.4 is 0 Å². The standard InChI is InChI=1S/C10H7F3N2O/c1-5(16)9-7-4-6(10(11,12)13)2-3-8(7)14-15-9/h2-4H,1H3,(H,14,15). The lowest BCUT2D eigenvalue weighted by Gasteiger charge is -2.05. The molecule has 1 aromatic heterocycles. The molecule has 0 radical (unpaired) electrons. The number of benzene rings is 1. The molecule has 84 valence electrons. The van der Waals surface area contributed by atoms with Gasteiger partial charge in [0.1, 0.15) is 5.69 Å². The highest BCUT2D eigenvalue weighted by atomic mass is 19.4. The van der Waals surface area contributed by atoms with E-state index in [0.717, 1.165) is 12.1 Å². The number of ketones is 1. The molecule has 0 unspecified atom stereocenters. The average Bonchev–Trinajstić information content (AvgIpc) is 2.58. The van der Waals surface area contributed by atoms with Crippen molar-refractivity contribution >= 4 is 16.7 Å². The van der Waals surface area contributed by atoms with Gasteiger partial charge in [-0.15, -0.1) is 0 Å². The zero-order valence-corrected chi connectivity index (χ0v) is 8.22. The fourth-order valence-corrected chi connectivity index (χ4v) is 1.46. The number of carbonyl (C=O) groups is 1. The van der Waals surface area contributed by atoms with Gasteiger partial charge in [0.2, 0.25) is 0 Å². The molecule has 1 aromatic carbocycles. The highest BCUT2D eigenvalue weighted by Gasteiger charge is 2.31. The lowest BCUT2D eigenvalue weighted by atomic mass is 10.1. The average molecular weight is 228 g/mol. The van der Waals surface area contributed by atoms with E-state index >= 15 is 0 Å². The number of aromatic nitrogens is 2. The number of hydrogen-bond donors (Lipinski definition) is 1. The molecular formula is C10H7F3N2O. The topological polar surface area (TPSA) is 45.8 Å². The number of nitrogens with one attached hydrogen (secondary N) is 1. The number of halogens is 3. The van der Waals surface area contributed by atoms with Crippen LogP contribution in [0.4, 0.5) is 13.2 Å². The molecule has 3 nitrogen and oxygen atoms in total. The molecule has 2 aromatic rings. The summed E-state index contributed by atoms with van der Waals surface area (Å²) in [5.74, 6) is -0.370. The van der Waals surface area contributed by atoms with Gasteiger partial charge >= 0.3 is 6.18 Å². The minimum atomic E-state index is -4.42. The largest absolute Gasteiger partial charge is 0.416 e. The molecule has 2 rings (SSSR count). The van der Waals surface area contributed by atoms with E-state index in [2.05, 4.69) is 10.2 Å². The van der Waals surface area contributed by atoms with Crippen molar-refractivity contribution in [1.82, 2.24) is 10.2 Å². The van der Waals surface area contributed by atoms with Gasteiger partial charge in [-0.05, 0) is 18.2 Å². The molecule has 0 aliphatic heterocycles. The van der Waals surface area contributed by atoms with Crippen LogP contribution in [0.15, 0.2) is 18.2 Å². The zero-order chi connectivity index (χ0) is 11.9. The quantitative estimate of drug-likeness (QED) is 0.763. The number of hydrogen-bond acceptors (Lipinski definition) is 2. The first-order valence-electron chi connectivity index (χ1n) is 4.46. The summed E-state index contributed by atoms with van der Waals surface area (Å²) in [7, 11) is 0. The Labute approximate surface area is 88.3 Å². The van der Waals surface area contributed by atoms with Gasteiger partial charge in [0.05, 0.1) is 11.1 Å². The number of rotatable bonds is 1. The minimum absolute atomic E-state index is 0.0288. The van der Waals surface area contributed by atoms with Crippen molar-refractivity contribution in [2.45, 2.75) is 13.1 Å². The maximum Gasteiger partial charge on any atom is 0.416 e. The monoisotopic (exact) mass is 228 g/mol. The van der Waals surface area contributed by atoms with Crippen molar-refractivity contribution < 1.29 is 18.0 Å². The third kappa shape index (κ3) is 1.66. The Morgan fingerprint density at radius 3 is 2.62 bits per heavy atom.